The molecule has 0 saturated heterocycles. The number of hydrogen-bond acceptors (Lipinski definition) is 6. The van der Waals surface area contributed by atoms with Gasteiger partial charge in [0.2, 0.25) is 0 Å². The number of esters is 1. The zero-order valence-corrected chi connectivity index (χ0v) is 25.6. The molecule has 8 heteroatoms. The van der Waals surface area contributed by atoms with Gasteiger partial charge in [-0.25, -0.2) is 4.79 Å². The van der Waals surface area contributed by atoms with Crippen molar-refractivity contribution >= 4 is 27.8 Å². The van der Waals surface area contributed by atoms with Gasteiger partial charge >= 0.3 is 5.97 Å². The Morgan fingerprint density at radius 1 is 0.911 bits per heavy atom. The van der Waals surface area contributed by atoms with Crippen LogP contribution in [-0.2, 0) is 18.2 Å². The van der Waals surface area contributed by atoms with Crippen LogP contribution in [0.3, 0.4) is 0 Å². The number of pyridine rings is 1. The zero-order valence-electron chi connectivity index (χ0n) is 25.6. The quantitative estimate of drug-likeness (QED) is 0.180. The van der Waals surface area contributed by atoms with E-state index in [1.165, 1.54) is 7.11 Å². The van der Waals surface area contributed by atoms with E-state index in [9.17, 15) is 14.7 Å². The number of nitrogens with zero attached hydrogens (tertiary/aromatic N) is 1. The van der Waals surface area contributed by atoms with Gasteiger partial charge in [-0.1, -0.05) is 60.2 Å². The lowest BCUT2D eigenvalue weighted by molar-refractivity contribution is 0.0505. The first kappa shape index (κ1) is 29.6. The monoisotopic (exact) mass is 602 g/mol. The summed E-state index contributed by atoms with van der Waals surface area (Å²) in [5.74, 6) is -0.283. The lowest BCUT2D eigenvalue weighted by Gasteiger charge is -2.22. The van der Waals surface area contributed by atoms with E-state index in [-0.39, 0.29) is 23.5 Å². The second kappa shape index (κ2) is 12.2. The number of methoxy groups -OCH3 is 2. The van der Waals surface area contributed by atoms with E-state index in [1.54, 1.807) is 36.9 Å². The number of fused-ring (bicyclic) bond motifs is 2. The minimum absolute atomic E-state index is 0.0538. The van der Waals surface area contributed by atoms with Crippen molar-refractivity contribution in [3.05, 3.63) is 135 Å². The van der Waals surface area contributed by atoms with E-state index in [4.69, 9.17) is 14.2 Å². The third-order valence-corrected chi connectivity index (χ3v) is 8.36. The molecule has 0 amide bonds. The van der Waals surface area contributed by atoms with Crippen LogP contribution < -0.4 is 15.0 Å². The van der Waals surface area contributed by atoms with Crippen molar-refractivity contribution in [3.8, 4) is 17.2 Å². The first-order chi connectivity index (χ1) is 21.8. The van der Waals surface area contributed by atoms with Gasteiger partial charge in [0, 0.05) is 41.5 Å². The first-order valence-corrected chi connectivity index (χ1v) is 14.7. The summed E-state index contributed by atoms with van der Waals surface area (Å²) in [4.78, 5) is 30.7. The lowest BCUT2D eigenvalue weighted by Crippen LogP contribution is -2.25. The van der Waals surface area contributed by atoms with Crippen molar-refractivity contribution in [1.29, 1.82) is 0 Å². The molecule has 0 fully saturated rings. The van der Waals surface area contributed by atoms with Gasteiger partial charge in [0.05, 0.1) is 37.8 Å². The molecular weight excluding hydrogens is 568 g/mol. The van der Waals surface area contributed by atoms with Crippen molar-refractivity contribution in [3.63, 3.8) is 0 Å². The largest absolute Gasteiger partial charge is 0.507 e. The number of ether oxygens (including phenoxy) is 3. The molecule has 45 heavy (non-hydrogen) atoms. The van der Waals surface area contributed by atoms with Gasteiger partial charge in [-0.3, -0.25) is 4.79 Å². The third kappa shape index (κ3) is 5.40. The fourth-order valence-corrected chi connectivity index (χ4v) is 6.03. The van der Waals surface area contributed by atoms with Gasteiger partial charge in [0.1, 0.15) is 22.8 Å². The molecule has 6 aromatic rings. The maximum Gasteiger partial charge on any atom is 0.341 e. The number of para-hydroxylation sites is 2. The van der Waals surface area contributed by atoms with Crippen molar-refractivity contribution in [2.24, 2.45) is 7.05 Å². The topological polar surface area (TPSA) is 103 Å². The molecule has 8 nitrogen and oxygen atoms in total. The molecule has 1 atom stereocenters. The molecule has 2 N–H and O–H groups in total. The summed E-state index contributed by atoms with van der Waals surface area (Å²) in [6.07, 6.45) is 0.362. The Morgan fingerprint density at radius 3 is 2.36 bits per heavy atom. The van der Waals surface area contributed by atoms with Crippen LogP contribution in [0.15, 0.2) is 95.8 Å². The number of benzene rings is 4. The van der Waals surface area contributed by atoms with E-state index in [1.807, 2.05) is 79.7 Å². The highest BCUT2D eigenvalue weighted by atomic mass is 16.5. The Balaban J connectivity index is 1.46. The molecule has 0 aliphatic heterocycles. The SMILES string of the molecule is COc1ccc(C(=O)OCCc2c(C(c3ccc(C)cc3)c3c(O)c4ccccc4n(C)c3=O)[nH]c3ccccc23)c(OC)c1. The van der Waals surface area contributed by atoms with Gasteiger partial charge < -0.3 is 28.9 Å². The van der Waals surface area contributed by atoms with Gasteiger partial charge in [-0.2, -0.15) is 0 Å². The van der Waals surface area contributed by atoms with Crippen LogP contribution in [0.4, 0.5) is 0 Å². The number of aromatic nitrogens is 2. The predicted molar refractivity (Wildman–Crippen MR) is 175 cm³/mol. The van der Waals surface area contributed by atoms with Crippen LogP contribution in [0.5, 0.6) is 17.2 Å². The standard InChI is InChI=1S/C37H34N2O6/c1-22-13-15-23(16-14-22)32(33-35(40)27-10-6-8-12-30(27)39(2)36(33)41)34-26(25-9-5-7-11-29(25)38-34)19-20-45-37(42)28-18-17-24(43-3)21-31(28)44-4/h5-18,21,32,38,40H,19-20H2,1-4H3. The van der Waals surface area contributed by atoms with Crippen LogP contribution in [0.25, 0.3) is 21.8 Å². The van der Waals surface area contributed by atoms with Gasteiger partial charge in [0.25, 0.3) is 5.56 Å². The number of hydrogen-bond donors (Lipinski definition) is 2. The summed E-state index contributed by atoms with van der Waals surface area (Å²) in [7, 11) is 4.75. The van der Waals surface area contributed by atoms with Gasteiger partial charge in [-0.15, -0.1) is 0 Å². The number of H-pyrrole nitrogens is 1. The Kier molecular flexibility index (Phi) is 8.04. The normalized spacial score (nSPS) is 11.9. The highest BCUT2D eigenvalue weighted by molar-refractivity contribution is 5.93. The Hall–Kier alpha value is -5.50. The minimum atomic E-state index is -0.631. The van der Waals surface area contributed by atoms with Crippen LogP contribution in [0.1, 0.15) is 44.2 Å². The molecule has 2 heterocycles. The van der Waals surface area contributed by atoms with E-state index < -0.39 is 11.9 Å². The Bertz CT molecular complexity index is 2090. The minimum Gasteiger partial charge on any atom is -0.507 e. The number of nitrogens with one attached hydrogen (secondary N) is 1. The van der Waals surface area contributed by atoms with E-state index >= 15 is 0 Å². The summed E-state index contributed by atoms with van der Waals surface area (Å²) in [6.45, 7) is 2.08. The van der Waals surface area contributed by atoms with Crippen LogP contribution in [0, 0.1) is 6.92 Å². The second-order valence-electron chi connectivity index (χ2n) is 11.0. The van der Waals surface area contributed by atoms with Crippen LogP contribution in [0.2, 0.25) is 0 Å². The van der Waals surface area contributed by atoms with E-state index in [2.05, 4.69) is 4.98 Å². The van der Waals surface area contributed by atoms with Crippen molar-refractivity contribution in [2.45, 2.75) is 19.3 Å². The molecule has 0 aliphatic rings. The fourth-order valence-electron chi connectivity index (χ4n) is 6.03. The molecule has 2 aromatic heterocycles. The average molecular weight is 603 g/mol. The van der Waals surface area contributed by atoms with Crippen LogP contribution >= 0.6 is 0 Å². The van der Waals surface area contributed by atoms with E-state index in [0.29, 0.717) is 34.4 Å². The maximum absolute atomic E-state index is 14.1. The molecule has 0 bridgehead atoms. The maximum atomic E-state index is 14.1. The smallest absolute Gasteiger partial charge is 0.341 e. The fraction of sp³-hybridized carbons (Fsp3) is 0.189. The lowest BCUT2D eigenvalue weighted by atomic mass is 9.85. The molecule has 0 spiro atoms. The van der Waals surface area contributed by atoms with Gasteiger partial charge in [0.15, 0.2) is 0 Å². The molecular formula is C37H34N2O6. The predicted octanol–water partition coefficient (Wildman–Crippen LogP) is 6.63. The molecule has 0 radical (unpaired) electrons. The third-order valence-electron chi connectivity index (χ3n) is 8.36. The number of aryl methyl sites for hydroxylation is 2. The zero-order chi connectivity index (χ0) is 31.7. The van der Waals surface area contributed by atoms with Crippen molar-refractivity contribution in [1.82, 2.24) is 9.55 Å². The number of carbonyl (C=O) groups excluding carboxylic acids is 1. The summed E-state index contributed by atoms with van der Waals surface area (Å²) in [5.41, 5.74) is 5.35. The number of rotatable bonds is 9. The number of aromatic hydroxyl groups is 1. The molecule has 0 saturated carbocycles. The summed E-state index contributed by atoms with van der Waals surface area (Å²) in [5, 5.41) is 13.2. The highest BCUT2D eigenvalue weighted by Crippen LogP contribution is 2.41. The first-order valence-electron chi connectivity index (χ1n) is 14.7. The molecule has 1 unspecified atom stereocenters. The van der Waals surface area contributed by atoms with Gasteiger partial charge in [-0.05, 0) is 48.4 Å². The highest BCUT2D eigenvalue weighted by Gasteiger charge is 2.30. The second-order valence-corrected chi connectivity index (χ2v) is 11.0. The molecule has 6 rings (SSSR count). The van der Waals surface area contributed by atoms with E-state index in [0.717, 1.165) is 33.3 Å². The molecule has 228 valence electrons. The Morgan fingerprint density at radius 2 is 1.62 bits per heavy atom. The number of aromatic amines is 1. The van der Waals surface area contributed by atoms with Crippen molar-refractivity contribution < 1.29 is 24.1 Å². The summed E-state index contributed by atoms with van der Waals surface area (Å²) in [6, 6.07) is 28.1. The molecule has 4 aromatic carbocycles. The average Bonchev–Trinajstić information content (AvgIpc) is 3.43. The van der Waals surface area contributed by atoms with Crippen LogP contribution in [-0.4, -0.2) is 41.5 Å². The summed E-state index contributed by atoms with van der Waals surface area (Å²) < 4.78 is 18.0. The molecule has 0 aliphatic carbocycles. The Labute approximate surface area is 260 Å². The number of carbonyl (C=O) groups is 1. The van der Waals surface area contributed by atoms with Crippen molar-refractivity contribution in [2.75, 3.05) is 20.8 Å². The summed E-state index contributed by atoms with van der Waals surface area (Å²) >= 11 is 0.